The number of hydrogen-bond donors (Lipinski definition) is 2. The van der Waals surface area contributed by atoms with E-state index in [0.29, 0.717) is 11.9 Å². The van der Waals surface area contributed by atoms with Crippen molar-refractivity contribution < 1.29 is 8.78 Å². The Kier molecular flexibility index (Phi) is 10.5. The predicted octanol–water partition coefficient (Wildman–Crippen LogP) is 10.2. The average molecular weight is 725 g/mol. The van der Waals surface area contributed by atoms with E-state index >= 15 is 0 Å². The van der Waals surface area contributed by atoms with E-state index in [1.807, 2.05) is 13.8 Å². The number of anilines is 6. The summed E-state index contributed by atoms with van der Waals surface area (Å²) in [6.45, 7) is 14.4. The van der Waals surface area contributed by atoms with Gasteiger partial charge in [-0.3, -0.25) is 0 Å². The Hall–Kier alpha value is -5.90. The van der Waals surface area contributed by atoms with Crippen LogP contribution >= 0.6 is 0 Å². The number of aryl methyl sites for hydroxylation is 2. The molecule has 6 aromatic rings. The molecule has 2 aliphatic heterocycles. The van der Waals surface area contributed by atoms with E-state index < -0.39 is 0 Å². The molecule has 0 aliphatic carbocycles. The monoisotopic (exact) mass is 724 g/mol. The van der Waals surface area contributed by atoms with E-state index in [-0.39, 0.29) is 23.7 Å². The summed E-state index contributed by atoms with van der Waals surface area (Å²) >= 11 is 0. The quantitative estimate of drug-likeness (QED) is 0.176. The summed E-state index contributed by atoms with van der Waals surface area (Å²) in [5.41, 5.74) is 11.1. The first-order chi connectivity index (χ1) is 26.0. The van der Waals surface area contributed by atoms with Crippen LogP contribution in [-0.2, 0) is 12.8 Å². The number of hydrogen-bond acceptors (Lipinski definition) is 8. The van der Waals surface area contributed by atoms with Crippen LogP contribution in [0.2, 0.25) is 0 Å². The van der Waals surface area contributed by atoms with Gasteiger partial charge in [-0.25, -0.2) is 18.7 Å². The molecule has 276 valence electrons. The van der Waals surface area contributed by atoms with Crippen molar-refractivity contribution >= 4 is 34.9 Å². The molecule has 54 heavy (non-hydrogen) atoms. The molecule has 10 heteroatoms. The average Bonchev–Trinajstić information content (AvgIpc) is 3.17. The second-order valence-corrected chi connectivity index (χ2v) is 14.1. The molecule has 8 nitrogen and oxygen atoms in total. The largest absolute Gasteiger partial charge is 0.349 e. The van der Waals surface area contributed by atoms with Gasteiger partial charge in [-0.1, -0.05) is 48.5 Å². The van der Waals surface area contributed by atoms with Crippen LogP contribution in [0, 0.1) is 39.3 Å². The van der Waals surface area contributed by atoms with Gasteiger partial charge < -0.3 is 20.4 Å². The first-order valence-electron chi connectivity index (χ1n) is 18.5. The van der Waals surface area contributed by atoms with Gasteiger partial charge in [-0.15, -0.1) is 0 Å². The highest BCUT2D eigenvalue weighted by atomic mass is 19.1. The Morgan fingerprint density at radius 3 is 1.28 bits per heavy atom. The zero-order valence-corrected chi connectivity index (χ0v) is 31.7. The molecule has 2 aromatic heterocycles. The van der Waals surface area contributed by atoms with E-state index in [1.165, 1.54) is 46.5 Å². The minimum absolute atomic E-state index is 0.252. The molecule has 0 radical (unpaired) electrons. The minimum Gasteiger partial charge on any atom is -0.349 e. The molecule has 0 spiro atoms. The zero-order chi connectivity index (χ0) is 37.9. The van der Waals surface area contributed by atoms with Crippen molar-refractivity contribution in [3.05, 3.63) is 153 Å². The number of rotatable bonds is 6. The third kappa shape index (κ3) is 7.74. The van der Waals surface area contributed by atoms with Gasteiger partial charge in [0.25, 0.3) is 0 Å². The predicted molar refractivity (Wildman–Crippen MR) is 214 cm³/mol. The Balaban J connectivity index is 0.000000167. The third-order valence-corrected chi connectivity index (χ3v) is 10.7. The van der Waals surface area contributed by atoms with Gasteiger partial charge in [0.15, 0.2) is 0 Å². The molecule has 0 amide bonds. The van der Waals surface area contributed by atoms with Crippen molar-refractivity contribution in [1.82, 2.24) is 19.9 Å². The van der Waals surface area contributed by atoms with Gasteiger partial charge in [-0.05, 0) is 125 Å². The van der Waals surface area contributed by atoms with Crippen LogP contribution < -0.4 is 20.4 Å². The van der Waals surface area contributed by atoms with Gasteiger partial charge in [0.1, 0.15) is 23.3 Å². The molecular weight excluding hydrogens is 679 g/mol. The molecule has 8 rings (SSSR count). The fraction of sp³-hybridized carbons (Fsp3) is 0.273. The fourth-order valence-corrected chi connectivity index (χ4v) is 7.35. The molecule has 2 N–H and O–H groups in total. The summed E-state index contributed by atoms with van der Waals surface area (Å²) < 4.78 is 26.3. The normalized spacial score (nSPS) is 16.1. The lowest BCUT2D eigenvalue weighted by molar-refractivity contribution is 0.614. The number of benzene rings is 4. The summed E-state index contributed by atoms with van der Waals surface area (Å²) in [5, 5.41) is 6.39. The van der Waals surface area contributed by atoms with Gasteiger partial charge in [-0.2, -0.15) is 9.97 Å². The van der Waals surface area contributed by atoms with Crippen LogP contribution in [0.25, 0.3) is 0 Å². The van der Waals surface area contributed by atoms with Crippen LogP contribution in [0.4, 0.5) is 43.7 Å². The topological polar surface area (TPSA) is 82.1 Å². The fourth-order valence-electron chi connectivity index (χ4n) is 7.35. The van der Waals surface area contributed by atoms with E-state index in [2.05, 4.69) is 107 Å². The molecule has 0 saturated heterocycles. The summed E-state index contributed by atoms with van der Waals surface area (Å²) in [7, 11) is 0. The second kappa shape index (κ2) is 15.6. The highest BCUT2D eigenvalue weighted by Gasteiger charge is 2.28. The van der Waals surface area contributed by atoms with Crippen molar-refractivity contribution in [2.24, 2.45) is 0 Å². The number of aromatic nitrogens is 4. The Labute approximate surface area is 316 Å². The number of fused-ring (bicyclic) bond motifs is 2. The van der Waals surface area contributed by atoms with Crippen LogP contribution in [0.3, 0.4) is 0 Å². The minimum atomic E-state index is -0.261. The smallest absolute Gasteiger partial charge is 0.229 e. The first kappa shape index (κ1) is 36.5. The van der Waals surface area contributed by atoms with Gasteiger partial charge in [0.05, 0.1) is 12.1 Å². The SMILES string of the molecule is Cc1nc(Nc2ccc(F)cc2)nc(N2CCc3ccccc3C2C)c1C.Cc1nc(Nc2ccc(F)cc2)nc(N2CCc3ccccc3C2C)c1C. The molecule has 2 aliphatic rings. The Bertz CT molecular complexity index is 2100. The lowest BCUT2D eigenvalue weighted by Crippen LogP contribution is -2.35. The standard InChI is InChI=1S/2C22H23FN4/c2*1-14-15(2)24-22(25-19-10-8-18(23)9-11-19)26-21(14)27-13-12-17-6-4-5-7-20(17)16(27)3/h2*4-11,16H,12-13H2,1-3H3,(H,24,25,26). The summed E-state index contributed by atoms with van der Waals surface area (Å²) in [6.07, 6.45) is 2.01. The maximum Gasteiger partial charge on any atom is 0.229 e. The van der Waals surface area contributed by atoms with E-state index in [4.69, 9.17) is 9.97 Å². The van der Waals surface area contributed by atoms with Crippen LogP contribution in [-0.4, -0.2) is 33.0 Å². The van der Waals surface area contributed by atoms with E-state index in [9.17, 15) is 8.78 Å². The number of halogens is 2. The maximum absolute atomic E-state index is 13.1. The van der Waals surface area contributed by atoms with Crippen molar-refractivity contribution in [2.45, 2.75) is 66.5 Å². The van der Waals surface area contributed by atoms with Crippen molar-refractivity contribution in [2.75, 3.05) is 33.5 Å². The Morgan fingerprint density at radius 1 is 0.519 bits per heavy atom. The van der Waals surface area contributed by atoms with Crippen molar-refractivity contribution in [1.29, 1.82) is 0 Å². The summed E-state index contributed by atoms with van der Waals surface area (Å²) in [5.74, 6) is 2.45. The summed E-state index contributed by atoms with van der Waals surface area (Å²) in [6, 6.07) is 30.2. The molecule has 0 bridgehead atoms. The molecule has 0 saturated carbocycles. The van der Waals surface area contributed by atoms with Gasteiger partial charge in [0.2, 0.25) is 11.9 Å². The third-order valence-electron chi connectivity index (χ3n) is 10.7. The molecule has 2 unspecified atom stereocenters. The lowest BCUT2D eigenvalue weighted by atomic mass is 9.93. The number of nitrogens with one attached hydrogen (secondary N) is 2. The van der Waals surface area contributed by atoms with Crippen molar-refractivity contribution in [3.8, 4) is 0 Å². The van der Waals surface area contributed by atoms with E-state index in [1.54, 1.807) is 24.3 Å². The van der Waals surface area contributed by atoms with Crippen LogP contribution in [0.15, 0.2) is 97.1 Å². The zero-order valence-electron chi connectivity index (χ0n) is 31.7. The van der Waals surface area contributed by atoms with Gasteiger partial charge >= 0.3 is 0 Å². The second-order valence-electron chi connectivity index (χ2n) is 14.1. The number of nitrogens with zero attached hydrogens (tertiary/aromatic N) is 6. The highest BCUT2D eigenvalue weighted by molar-refractivity contribution is 5.61. The molecule has 4 heterocycles. The maximum atomic E-state index is 13.1. The van der Waals surface area contributed by atoms with Gasteiger partial charge in [0, 0.05) is 47.0 Å². The molecule has 4 aromatic carbocycles. The van der Waals surface area contributed by atoms with Crippen LogP contribution in [0.1, 0.15) is 70.7 Å². The summed E-state index contributed by atoms with van der Waals surface area (Å²) in [4.78, 5) is 23.5. The van der Waals surface area contributed by atoms with E-state index in [0.717, 1.165) is 71.5 Å². The molecule has 0 fully saturated rings. The van der Waals surface area contributed by atoms with Crippen molar-refractivity contribution in [3.63, 3.8) is 0 Å². The molecule has 2 atom stereocenters. The highest BCUT2D eigenvalue weighted by Crippen LogP contribution is 2.37. The first-order valence-corrected chi connectivity index (χ1v) is 18.5. The molecular formula is C44H46F2N8. The Morgan fingerprint density at radius 2 is 0.889 bits per heavy atom. The van der Waals surface area contributed by atoms with Crippen LogP contribution in [0.5, 0.6) is 0 Å². The lowest BCUT2D eigenvalue weighted by Gasteiger charge is -2.37.